The molecule has 22 heavy (non-hydrogen) atoms. The van der Waals surface area contributed by atoms with E-state index in [1.807, 2.05) is 0 Å². The van der Waals surface area contributed by atoms with Crippen molar-refractivity contribution in [2.45, 2.75) is 52.5 Å². The Morgan fingerprint density at radius 2 is 1.73 bits per heavy atom. The molecular weight excluding hydrogens is 290 g/mol. The van der Waals surface area contributed by atoms with E-state index in [4.69, 9.17) is 12.2 Å². The molecule has 1 aromatic carbocycles. The van der Waals surface area contributed by atoms with Crippen molar-refractivity contribution in [1.29, 1.82) is 0 Å². The molecule has 0 bridgehead atoms. The number of para-hydroxylation sites is 1. The van der Waals surface area contributed by atoms with E-state index in [0.717, 1.165) is 12.2 Å². The van der Waals surface area contributed by atoms with Gasteiger partial charge < -0.3 is 10.6 Å². The fourth-order valence-electron chi connectivity index (χ4n) is 3.08. The molecule has 1 saturated heterocycles. The Bertz CT molecular complexity index is 499. The Balaban J connectivity index is 1.89. The Hall–Kier alpha value is -1.13. The molecule has 0 atom stereocenters. The zero-order valence-electron chi connectivity index (χ0n) is 14.3. The molecule has 1 heterocycles. The van der Waals surface area contributed by atoms with Gasteiger partial charge in [0, 0.05) is 17.8 Å². The molecule has 0 radical (unpaired) electrons. The summed E-state index contributed by atoms with van der Waals surface area (Å²) in [5.74, 6) is 0. The molecule has 1 fully saturated rings. The van der Waals surface area contributed by atoms with Crippen LogP contribution in [-0.2, 0) is 0 Å². The van der Waals surface area contributed by atoms with Crippen LogP contribution in [0.15, 0.2) is 18.2 Å². The Morgan fingerprint density at radius 3 is 2.32 bits per heavy atom. The third kappa shape index (κ3) is 4.43. The summed E-state index contributed by atoms with van der Waals surface area (Å²) in [6.07, 6.45) is 4.00. The lowest BCUT2D eigenvalue weighted by Crippen LogP contribution is -2.53. The molecule has 3 nitrogen and oxygen atoms in total. The predicted molar refractivity (Wildman–Crippen MR) is 99.6 cm³/mol. The predicted octanol–water partition coefficient (Wildman–Crippen LogP) is 3.85. The highest BCUT2D eigenvalue weighted by Gasteiger charge is 2.27. The average molecular weight is 320 g/mol. The van der Waals surface area contributed by atoms with Crippen molar-refractivity contribution in [3.8, 4) is 0 Å². The summed E-state index contributed by atoms with van der Waals surface area (Å²) >= 11 is 5.48. The first-order chi connectivity index (χ1) is 10.4. The van der Waals surface area contributed by atoms with E-state index in [1.165, 1.54) is 43.5 Å². The summed E-state index contributed by atoms with van der Waals surface area (Å²) in [6.45, 7) is 12.1. The van der Waals surface area contributed by atoms with Crippen molar-refractivity contribution in [2.24, 2.45) is 0 Å². The minimum atomic E-state index is 0.132. The van der Waals surface area contributed by atoms with Crippen molar-refractivity contribution in [3.05, 3.63) is 29.3 Å². The van der Waals surface area contributed by atoms with Crippen molar-refractivity contribution < 1.29 is 0 Å². The van der Waals surface area contributed by atoms with Crippen LogP contribution in [0.5, 0.6) is 0 Å². The molecular formula is C18H29N3S. The van der Waals surface area contributed by atoms with Gasteiger partial charge >= 0.3 is 0 Å². The van der Waals surface area contributed by atoms with Crippen LogP contribution >= 0.6 is 12.2 Å². The standard InChI is InChI=1S/C18H29N3S/c1-14-9-8-10-15(2)16(14)20-17(22)19-13-18(3,4)21-11-6-5-7-12-21/h8-10H,5-7,11-13H2,1-4H3,(H2,19,20,22). The van der Waals surface area contributed by atoms with E-state index < -0.39 is 0 Å². The van der Waals surface area contributed by atoms with E-state index in [2.05, 4.69) is 61.4 Å². The monoisotopic (exact) mass is 319 g/mol. The van der Waals surface area contributed by atoms with Gasteiger partial charge in [0.05, 0.1) is 0 Å². The highest BCUT2D eigenvalue weighted by Crippen LogP contribution is 2.21. The van der Waals surface area contributed by atoms with E-state index in [9.17, 15) is 0 Å². The molecule has 4 heteroatoms. The lowest BCUT2D eigenvalue weighted by atomic mass is 9.98. The van der Waals surface area contributed by atoms with Crippen LogP contribution in [0.4, 0.5) is 5.69 Å². The zero-order valence-corrected chi connectivity index (χ0v) is 15.1. The van der Waals surface area contributed by atoms with Crippen molar-refractivity contribution in [2.75, 3.05) is 25.0 Å². The van der Waals surface area contributed by atoms with Crippen LogP contribution in [0, 0.1) is 13.8 Å². The number of hydrogen-bond donors (Lipinski definition) is 2. The molecule has 0 saturated carbocycles. The first kappa shape index (κ1) is 17.2. The smallest absolute Gasteiger partial charge is 0.170 e. The minimum absolute atomic E-state index is 0.132. The summed E-state index contributed by atoms with van der Waals surface area (Å²) in [6, 6.07) is 6.29. The number of hydrogen-bond acceptors (Lipinski definition) is 2. The zero-order chi connectivity index (χ0) is 16.2. The van der Waals surface area contributed by atoms with E-state index in [-0.39, 0.29) is 5.54 Å². The summed E-state index contributed by atoms with van der Waals surface area (Å²) < 4.78 is 0. The summed E-state index contributed by atoms with van der Waals surface area (Å²) in [4.78, 5) is 2.57. The maximum atomic E-state index is 5.48. The second-order valence-corrected chi connectivity index (χ2v) is 7.34. The second-order valence-electron chi connectivity index (χ2n) is 6.93. The molecule has 2 rings (SSSR count). The molecule has 0 unspecified atom stereocenters. The molecule has 0 amide bonds. The lowest BCUT2D eigenvalue weighted by Gasteiger charge is -2.41. The molecule has 0 spiro atoms. The van der Waals surface area contributed by atoms with Gasteiger partial charge in [0.2, 0.25) is 0 Å². The number of nitrogens with one attached hydrogen (secondary N) is 2. The summed E-state index contributed by atoms with van der Waals surface area (Å²) in [5, 5.41) is 7.47. The second kappa shape index (κ2) is 7.42. The van der Waals surface area contributed by atoms with Gasteiger partial charge in [0.1, 0.15) is 0 Å². The highest BCUT2D eigenvalue weighted by atomic mass is 32.1. The van der Waals surface area contributed by atoms with Gasteiger partial charge in [-0.05, 0) is 77.0 Å². The first-order valence-corrected chi connectivity index (χ1v) is 8.67. The Labute approximate surface area is 140 Å². The molecule has 1 aliphatic rings. The number of anilines is 1. The van der Waals surface area contributed by atoms with Gasteiger partial charge in [0.25, 0.3) is 0 Å². The number of thiocarbonyl (C=S) groups is 1. The van der Waals surface area contributed by atoms with Crippen LogP contribution in [0.1, 0.15) is 44.2 Å². The van der Waals surface area contributed by atoms with Crippen molar-refractivity contribution in [1.82, 2.24) is 10.2 Å². The summed E-state index contributed by atoms with van der Waals surface area (Å²) in [5.41, 5.74) is 3.70. The highest BCUT2D eigenvalue weighted by molar-refractivity contribution is 7.80. The van der Waals surface area contributed by atoms with Crippen LogP contribution in [0.3, 0.4) is 0 Å². The quantitative estimate of drug-likeness (QED) is 0.824. The lowest BCUT2D eigenvalue weighted by molar-refractivity contribution is 0.0986. The molecule has 2 N–H and O–H groups in total. The van der Waals surface area contributed by atoms with Crippen LogP contribution < -0.4 is 10.6 Å². The number of benzene rings is 1. The normalized spacial score (nSPS) is 16.4. The topological polar surface area (TPSA) is 27.3 Å². The number of likely N-dealkylation sites (tertiary alicyclic amines) is 1. The number of aryl methyl sites for hydroxylation is 2. The largest absolute Gasteiger partial charge is 0.361 e. The Morgan fingerprint density at radius 1 is 1.14 bits per heavy atom. The van der Waals surface area contributed by atoms with Gasteiger partial charge in [-0.3, -0.25) is 4.90 Å². The first-order valence-electron chi connectivity index (χ1n) is 8.26. The fraction of sp³-hybridized carbons (Fsp3) is 0.611. The number of piperidine rings is 1. The van der Waals surface area contributed by atoms with Gasteiger partial charge in [-0.15, -0.1) is 0 Å². The van der Waals surface area contributed by atoms with Gasteiger partial charge in [-0.1, -0.05) is 24.6 Å². The molecule has 122 valence electrons. The Kier molecular flexibility index (Phi) is 5.81. The van der Waals surface area contributed by atoms with Crippen LogP contribution in [0.2, 0.25) is 0 Å². The third-order valence-corrected chi connectivity index (χ3v) is 4.86. The summed E-state index contributed by atoms with van der Waals surface area (Å²) in [7, 11) is 0. The maximum absolute atomic E-state index is 5.48. The molecule has 1 aromatic rings. The molecule has 1 aliphatic heterocycles. The van der Waals surface area contributed by atoms with E-state index in [1.54, 1.807) is 0 Å². The van der Waals surface area contributed by atoms with E-state index >= 15 is 0 Å². The fourth-order valence-corrected chi connectivity index (χ4v) is 3.25. The number of nitrogens with zero attached hydrogens (tertiary/aromatic N) is 1. The minimum Gasteiger partial charge on any atom is -0.361 e. The van der Waals surface area contributed by atoms with Gasteiger partial charge in [-0.2, -0.15) is 0 Å². The SMILES string of the molecule is Cc1cccc(C)c1NC(=S)NCC(C)(C)N1CCCCC1. The van der Waals surface area contributed by atoms with Crippen molar-refractivity contribution >= 4 is 23.0 Å². The number of rotatable bonds is 4. The van der Waals surface area contributed by atoms with Crippen LogP contribution in [0.25, 0.3) is 0 Å². The maximum Gasteiger partial charge on any atom is 0.170 e. The molecule has 0 aliphatic carbocycles. The van der Waals surface area contributed by atoms with Crippen LogP contribution in [-0.4, -0.2) is 35.2 Å². The average Bonchev–Trinajstić information content (AvgIpc) is 2.50. The van der Waals surface area contributed by atoms with Gasteiger partial charge in [0.15, 0.2) is 5.11 Å². The van der Waals surface area contributed by atoms with Crippen molar-refractivity contribution in [3.63, 3.8) is 0 Å². The van der Waals surface area contributed by atoms with E-state index in [0.29, 0.717) is 5.11 Å². The third-order valence-electron chi connectivity index (χ3n) is 4.61. The molecule has 0 aromatic heterocycles. The van der Waals surface area contributed by atoms with Gasteiger partial charge in [-0.25, -0.2) is 0 Å².